The quantitative estimate of drug-likeness (QED) is 0.652. The van der Waals surface area contributed by atoms with Gasteiger partial charge in [-0.05, 0) is 42.7 Å². The number of ether oxygens (including phenoxy) is 1. The van der Waals surface area contributed by atoms with Crippen LogP contribution < -0.4 is 10.4 Å². The zero-order chi connectivity index (χ0) is 22.7. The van der Waals surface area contributed by atoms with E-state index in [1.54, 1.807) is 9.47 Å². The number of carbonyl (C=O) groups is 1. The highest BCUT2D eigenvalue weighted by Gasteiger charge is 2.31. The molecule has 1 fully saturated rings. The molecule has 0 aliphatic carbocycles. The number of H-pyrrole nitrogens is 1. The van der Waals surface area contributed by atoms with Gasteiger partial charge in [0, 0.05) is 19.0 Å². The molecule has 1 aliphatic heterocycles. The molecular formula is C22H21F3N4O3. The lowest BCUT2D eigenvalue weighted by atomic mass is 9.95. The number of likely N-dealkylation sites (tertiary alicyclic amines) is 1. The summed E-state index contributed by atoms with van der Waals surface area (Å²) in [6.07, 6.45) is -3.35. The van der Waals surface area contributed by atoms with Crippen LogP contribution in [0.2, 0.25) is 0 Å². The summed E-state index contributed by atoms with van der Waals surface area (Å²) in [6, 6.07) is 14.5. The van der Waals surface area contributed by atoms with Crippen LogP contribution in [0.15, 0.2) is 59.4 Å². The van der Waals surface area contributed by atoms with Crippen molar-refractivity contribution >= 4 is 5.91 Å². The first-order valence-corrected chi connectivity index (χ1v) is 10.2. The first-order valence-electron chi connectivity index (χ1n) is 10.2. The molecule has 1 saturated heterocycles. The van der Waals surface area contributed by atoms with Gasteiger partial charge in [-0.1, -0.05) is 30.3 Å². The average Bonchev–Trinajstić information content (AvgIpc) is 3.16. The Kier molecular flexibility index (Phi) is 6.02. The normalized spacial score (nSPS) is 15.0. The lowest BCUT2D eigenvalue weighted by Gasteiger charge is -2.31. The van der Waals surface area contributed by atoms with E-state index in [4.69, 9.17) is 0 Å². The third-order valence-corrected chi connectivity index (χ3v) is 5.44. The van der Waals surface area contributed by atoms with Crippen LogP contribution in [0.5, 0.6) is 5.75 Å². The van der Waals surface area contributed by atoms with Crippen molar-refractivity contribution in [3.05, 3.63) is 76.5 Å². The average molecular weight is 446 g/mol. The monoisotopic (exact) mass is 446 g/mol. The summed E-state index contributed by atoms with van der Waals surface area (Å²) in [5.74, 6) is 0.249. The Morgan fingerprint density at radius 3 is 2.34 bits per heavy atom. The van der Waals surface area contributed by atoms with E-state index in [1.165, 1.54) is 24.3 Å². The Bertz CT molecular complexity index is 1120. The van der Waals surface area contributed by atoms with Crippen molar-refractivity contribution in [3.63, 3.8) is 0 Å². The molecule has 1 amide bonds. The second-order valence-corrected chi connectivity index (χ2v) is 7.58. The molecule has 0 unspecified atom stereocenters. The van der Waals surface area contributed by atoms with E-state index < -0.39 is 6.36 Å². The van der Waals surface area contributed by atoms with Crippen molar-refractivity contribution < 1.29 is 22.7 Å². The SMILES string of the molecule is O=C(Cc1ccc(OC(F)(F)F)cc1)N1CCC(c2n[nH]c(=O)n2-c2ccccc2)CC1. The summed E-state index contributed by atoms with van der Waals surface area (Å²) < 4.78 is 42.2. The highest BCUT2D eigenvalue weighted by atomic mass is 19.4. The van der Waals surface area contributed by atoms with Gasteiger partial charge in [0.15, 0.2) is 0 Å². The molecule has 0 spiro atoms. The second-order valence-electron chi connectivity index (χ2n) is 7.58. The number of para-hydroxylation sites is 1. The third kappa shape index (κ3) is 5.01. The standard InChI is InChI=1S/C22H21F3N4O3/c23-22(24,25)32-18-8-6-15(7-9-18)14-19(30)28-12-10-16(11-13-28)20-26-27-21(31)29(20)17-4-2-1-3-5-17/h1-9,16H,10-14H2,(H,27,31). The van der Waals surface area contributed by atoms with Gasteiger partial charge in [-0.25, -0.2) is 14.5 Å². The van der Waals surface area contributed by atoms with E-state index in [0.717, 1.165) is 5.69 Å². The topological polar surface area (TPSA) is 80.2 Å². The molecule has 0 radical (unpaired) electrons. The fourth-order valence-electron chi connectivity index (χ4n) is 3.89. The molecule has 32 heavy (non-hydrogen) atoms. The first kappa shape index (κ1) is 21.7. The van der Waals surface area contributed by atoms with Crippen molar-refractivity contribution in [2.24, 2.45) is 0 Å². The molecule has 0 bridgehead atoms. The molecule has 168 valence electrons. The molecule has 7 nitrogen and oxygen atoms in total. The number of amides is 1. The largest absolute Gasteiger partial charge is 0.573 e. The Morgan fingerprint density at radius 1 is 1.06 bits per heavy atom. The van der Waals surface area contributed by atoms with Gasteiger partial charge in [-0.2, -0.15) is 5.10 Å². The number of alkyl halides is 3. The van der Waals surface area contributed by atoms with Crippen molar-refractivity contribution in [3.8, 4) is 11.4 Å². The molecule has 0 atom stereocenters. The van der Waals surface area contributed by atoms with Crippen LogP contribution in [-0.4, -0.2) is 45.0 Å². The Labute approximate surface area is 181 Å². The number of rotatable bonds is 5. The zero-order valence-electron chi connectivity index (χ0n) is 17.0. The first-order chi connectivity index (χ1) is 15.3. The lowest BCUT2D eigenvalue weighted by Crippen LogP contribution is -2.39. The van der Waals surface area contributed by atoms with Gasteiger partial charge in [-0.15, -0.1) is 13.2 Å². The van der Waals surface area contributed by atoms with E-state index in [9.17, 15) is 22.8 Å². The maximum absolute atomic E-state index is 12.7. The molecule has 0 saturated carbocycles. The van der Waals surface area contributed by atoms with Crippen molar-refractivity contribution in [1.82, 2.24) is 19.7 Å². The van der Waals surface area contributed by atoms with E-state index in [1.807, 2.05) is 30.3 Å². The van der Waals surface area contributed by atoms with E-state index in [0.29, 0.717) is 37.3 Å². The van der Waals surface area contributed by atoms with Gasteiger partial charge in [-0.3, -0.25) is 4.79 Å². The molecule has 10 heteroatoms. The van der Waals surface area contributed by atoms with E-state index >= 15 is 0 Å². The maximum atomic E-state index is 12.7. The van der Waals surface area contributed by atoms with Crippen molar-refractivity contribution in [1.29, 1.82) is 0 Å². The number of halogens is 3. The highest BCUT2D eigenvalue weighted by molar-refractivity contribution is 5.79. The van der Waals surface area contributed by atoms with Gasteiger partial charge in [0.1, 0.15) is 11.6 Å². The smallest absolute Gasteiger partial charge is 0.406 e. The Hall–Kier alpha value is -3.56. The molecule has 2 heterocycles. The van der Waals surface area contributed by atoms with Crippen LogP contribution in [0.25, 0.3) is 5.69 Å². The van der Waals surface area contributed by atoms with Gasteiger partial charge < -0.3 is 9.64 Å². The summed E-state index contributed by atoms with van der Waals surface area (Å²) >= 11 is 0. The number of nitrogens with zero attached hydrogens (tertiary/aromatic N) is 3. The van der Waals surface area contributed by atoms with E-state index in [-0.39, 0.29) is 29.7 Å². The predicted molar refractivity (Wildman–Crippen MR) is 110 cm³/mol. The number of carbonyl (C=O) groups excluding carboxylic acids is 1. The number of hydrogen-bond acceptors (Lipinski definition) is 4. The van der Waals surface area contributed by atoms with E-state index in [2.05, 4.69) is 14.9 Å². The summed E-state index contributed by atoms with van der Waals surface area (Å²) in [5, 5.41) is 6.73. The fraction of sp³-hybridized carbons (Fsp3) is 0.318. The summed E-state index contributed by atoms with van der Waals surface area (Å²) in [6.45, 7) is 1.02. The molecule has 4 rings (SSSR count). The highest BCUT2D eigenvalue weighted by Crippen LogP contribution is 2.28. The van der Waals surface area contributed by atoms with Crippen LogP contribution in [-0.2, 0) is 11.2 Å². The number of aromatic amines is 1. The third-order valence-electron chi connectivity index (χ3n) is 5.44. The number of hydrogen-bond donors (Lipinski definition) is 1. The van der Waals surface area contributed by atoms with Crippen molar-refractivity contribution in [2.45, 2.75) is 31.5 Å². The number of nitrogens with one attached hydrogen (secondary N) is 1. The van der Waals surface area contributed by atoms with Crippen LogP contribution in [0.1, 0.15) is 30.1 Å². The summed E-state index contributed by atoms with van der Waals surface area (Å²) in [7, 11) is 0. The number of aromatic nitrogens is 3. The van der Waals surface area contributed by atoms with Gasteiger partial charge in [0.05, 0.1) is 12.1 Å². The molecule has 1 aromatic heterocycles. The van der Waals surface area contributed by atoms with Gasteiger partial charge >= 0.3 is 12.1 Å². The summed E-state index contributed by atoms with van der Waals surface area (Å²) in [4.78, 5) is 26.7. The fourth-order valence-corrected chi connectivity index (χ4v) is 3.89. The minimum atomic E-state index is -4.75. The predicted octanol–water partition coefficient (Wildman–Crippen LogP) is 3.41. The number of piperidine rings is 1. The summed E-state index contributed by atoms with van der Waals surface area (Å²) in [5.41, 5.74) is 1.04. The van der Waals surface area contributed by atoms with Gasteiger partial charge in [0.2, 0.25) is 5.91 Å². The Balaban J connectivity index is 1.36. The lowest BCUT2D eigenvalue weighted by molar-refractivity contribution is -0.274. The Morgan fingerprint density at radius 2 is 1.72 bits per heavy atom. The van der Waals surface area contributed by atoms with Crippen molar-refractivity contribution in [2.75, 3.05) is 13.1 Å². The van der Waals surface area contributed by atoms with Gasteiger partial charge in [0.25, 0.3) is 0 Å². The molecule has 2 aromatic carbocycles. The number of benzene rings is 2. The zero-order valence-corrected chi connectivity index (χ0v) is 17.0. The molecular weight excluding hydrogens is 425 g/mol. The second kappa shape index (κ2) is 8.89. The van der Waals surface area contributed by atoms with Crippen LogP contribution in [0, 0.1) is 0 Å². The van der Waals surface area contributed by atoms with Crippen LogP contribution in [0.3, 0.4) is 0 Å². The maximum Gasteiger partial charge on any atom is 0.573 e. The molecule has 3 aromatic rings. The van der Waals surface area contributed by atoms with Crippen LogP contribution in [0.4, 0.5) is 13.2 Å². The minimum Gasteiger partial charge on any atom is -0.406 e. The van der Waals surface area contributed by atoms with Crippen LogP contribution >= 0.6 is 0 Å². The molecule has 1 N–H and O–H groups in total. The minimum absolute atomic E-state index is 0.0250. The molecule has 1 aliphatic rings.